The van der Waals surface area contributed by atoms with Crippen LogP contribution in [0.25, 0.3) is 0 Å². The lowest BCUT2D eigenvalue weighted by Gasteiger charge is -2.02. The zero-order valence-corrected chi connectivity index (χ0v) is 12.6. The Hall–Kier alpha value is 1.92. The van der Waals surface area contributed by atoms with Crippen molar-refractivity contribution in [3.8, 4) is 0 Å². The fourth-order valence-electron chi connectivity index (χ4n) is 2.75. The SMILES string of the molecule is BrC1(Br)[C@@H]2C[C@@H]3[C@@H](C[C@H]21)C3(Br)Br. The molecule has 0 aliphatic heterocycles. The first kappa shape index (κ1) is 9.17. The average Bonchev–Trinajstić information content (AvgIpc) is 2.72. The molecule has 0 heterocycles. The van der Waals surface area contributed by atoms with Crippen LogP contribution in [0.4, 0.5) is 0 Å². The molecule has 3 aliphatic rings. The number of hydrogen-bond acceptors (Lipinski definition) is 0. The van der Waals surface area contributed by atoms with Crippen LogP contribution in [-0.2, 0) is 0 Å². The summed E-state index contributed by atoms with van der Waals surface area (Å²) in [6, 6.07) is 0. The van der Waals surface area contributed by atoms with Crippen molar-refractivity contribution >= 4 is 63.7 Å². The lowest BCUT2D eigenvalue weighted by Crippen LogP contribution is -1.95. The van der Waals surface area contributed by atoms with Gasteiger partial charge in [-0.15, -0.1) is 0 Å². The fraction of sp³-hybridized carbons (Fsp3) is 1.00. The molecule has 0 spiro atoms. The Kier molecular flexibility index (Phi) is 1.80. The van der Waals surface area contributed by atoms with Gasteiger partial charge in [-0.3, -0.25) is 0 Å². The molecule has 0 N–H and O–H groups in total. The Morgan fingerprint density at radius 1 is 0.667 bits per heavy atom. The molecule has 3 aliphatic carbocycles. The first-order chi connectivity index (χ1) is 5.45. The summed E-state index contributed by atoms with van der Waals surface area (Å²) in [5, 5.41) is 0. The van der Waals surface area contributed by atoms with Gasteiger partial charge in [0.2, 0.25) is 0 Å². The summed E-state index contributed by atoms with van der Waals surface area (Å²) in [6.45, 7) is 0. The van der Waals surface area contributed by atoms with Crippen LogP contribution in [0, 0.1) is 23.7 Å². The van der Waals surface area contributed by atoms with Crippen molar-refractivity contribution in [2.75, 3.05) is 0 Å². The van der Waals surface area contributed by atoms with E-state index in [9.17, 15) is 0 Å². The average molecular weight is 424 g/mol. The van der Waals surface area contributed by atoms with Crippen molar-refractivity contribution in [2.45, 2.75) is 19.3 Å². The largest absolute Gasteiger partial charge is 0.0868 e. The summed E-state index contributed by atoms with van der Waals surface area (Å²) in [5.41, 5.74) is 0. The summed E-state index contributed by atoms with van der Waals surface area (Å²) < 4.78 is 0.618. The third kappa shape index (κ3) is 0.989. The lowest BCUT2D eigenvalue weighted by atomic mass is 10.0. The van der Waals surface area contributed by atoms with E-state index < -0.39 is 0 Å². The van der Waals surface area contributed by atoms with Crippen molar-refractivity contribution in [1.29, 1.82) is 0 Å². The summed E-state index contributed by atoms with van der Waals surface area (Å²) in [7, 11) is 0. The Morgan fingerprint density at radius 3 is 1.17 bits per heavy atom. The van der Waals surface area contributed by atoms with E-state index in [2.05, 4.69) is 63.7 Å². The molecule has 0 radical (unpaired) electrons. The van der Waals surface area contributed by atoms with Crippen LogP contribution >= 0.6 is 63.7 Å². The Labute approximate surface area is 106 Å². The van der Waals surface area contributed by atoms with E-state index in [-0.39, 0.29) is 0 Å². The van der Waals surface area contributed by atoms with Crippen molar-refractivity contribution < 1.29 is 0 Å². The van der Waals surface area contributed by atoms with Crippen LogP contribution in [0.1, 0.15) is 12.8 Å². The van der Waals surface area contributed by atoms with E-state index in [1.165, 1.54) is 12.8 Å². The number of fused-ring (bicyclic) bond motifs is 2. The second-order valence-corrected chi connectivity index (χ2v) is 11.6. The maximum absolute atomic E-state index is 3.75. The monoisotopic (exact) mass is 420 g/mol. The molecule has 3 fully saturated rings. The Bertz CT molecular complexity index is 201. The van der Waals surface area contributed by atoms with Crippen molar-refractivity contribution in [3.63, 3.8) is 0 Å². The van der Waals surface area contributed by atoms with Gasteiger partial charge in [-0.05, 0) is 36.5 Å². The Morgan fingerprint density at radius 2 is 0.917 bits per heavy atom. The second-order valence-electron chi connectivity index (χ2n) is 4.25. The molecule has 4 atom stereocenters. The van der Waals surface area contributed by atoms with Gasteiger partial charge in [-0.2, -0.15) is 0 Å². The van der Waals surface area contributed by atoms with Gasteiger partial charge in [0.25, 0.3) is 0 Å². The molecule has 0 amide bonds. The van der Waals surface area contributed by atoms with E-state index in [0.717, 1.165) is 23.7 Å². The van der Waals surface area contributed by atoms with Gasteiger partial charge in [-0.25, -0.2) is 0 Å². The fourth-order valence-corrected chi connectivity index (χ4v) is 6.27. The third-order valence-electron chi connectivity index (χ3n) is 3.75. The molecule has 0 nitrogen and oxygen atoms in total. The van der Waals surface area contributed by atoms with Gasteiger partial charge < -0.3 is 0 Å². The van der Waals surface area contributed by atoms with Crippen LogP contribution < -0.4 is 0 Å². The van der Waals surface area contributed by atoms with Gasteiger partial charge in [-0.1, -0.05) is 63.7 Å². The molecule has 68 valence electrons. The highest BCUT2D eigenvalue weighted by Crippen LogP contribution is 2.79. The maximum atomic E-state index is 3.75. The molecular formula is C8H8Br4. The van der Waals surface area contributed by atoms with E-state index in [0.29, 0.717) is 6.47 Å². The van der Waals surface area contributed by atoms with Gasteiger partial charge in [0.15, 0.2) is 0 Å². The third-order valence-corrected chi connectivity index (χ3v) is 8.45. The number of rotatable bonds is 0. The van der Waals surface area contributed by atoms with Gasteiger partial charge >= 0.3 is 0 Å². The van der Waals surface area contributed by atoms with Crippen LogP contribution in [0.5, 0.6) is 0 Å². The van der Waals surface area contributed by atoms with Crippen LogP contribution in [0.15, 0.2) is 0 Å². The van der Waals surface area contributed by atoms with E-state index in [4.69, 9.17) is 0 Å². The second kappa shape index (κ2) is 2.35. The highest BCUT2D eigenvalue weighted by atomic mass is 79.9. The number of hydrogen-bond donors (Lipinski definition) is 0. The Balaban J connectivity index is 1.80. The zero-order chi connectivity index (χ0) is 8.72. The van der Waals surface area contributed by atoms with Crippen LogP contribution in [0.3, 0.4) is 0 Å². The highest BCUT2D eigenvalue weighted by Gasteiger charge is 2.75. The minimum absolute atomic E-state index is 0.309. The first-order valence-electron chi connectivity index (χ1n) is 4.21. The molecule has 12 heavy (non-hydrogen) atoms. The molecule has 4 heteroatoms. The molecule has 0 bridgehead atoms. The van der Waals surface area contributed by atoms with Crippen LogP contribution in [0.2, 0.25) is 0 Å². The molecule has 0 aromatic carbocycles. The van der Waals surface area contributed by atoms with Crippen LogP contribution in [-0.4, -0.2) is 6.47 Å². The molecule has 3 saturated carbocycles. The first-order valence-corrected chi connectivity index (χ1v) is 7.38. The molecular weight excluding hydrogens is 416 g/mol. The lowest BCUT2D eigenvalue weighted by molar-refractivity contribution is 0.457. The summed E-state index contributed by atoms with van der Waals surface area (Å²) in [5.74, 6) is 3.48. The van der Waals surface area contributed by atoms with Gasteiger partial charge in [0.05, 0.1) is 6.47 Å². The van der Waals surface area contributed by atoms with Crippen molar-refractivity contribution in [1.82, 2.24) is 0 Å². The van der Waals surface area contributed by atoms with E-state index in [1.807, 2.05) is 0 Å². The topological polar surface area (TPSA) is 0 Å². The zero-order valence-electron chi connectivity index (χ0n) is 6.24. The summed E-state index contributed by atoms with van der Waals surface area (Å²) >= 11 is 15.0. The molecule has 0 unspecified atom stereocenters. The number of alkyl halides is 4. The molecule has 0 saturated heterocycles. The van der Waals surface area contributed by atoms with E-state index >= 15 is 0 Å². The normalized spacial score (nSPS) is 57.0. The molecule has 0 aromatic rings. The summed E-state index contributed by atoms with van der Waals surface area (Å²) in [4.78, 5) is 0. The number of halogens is 4. The molecule has 0 aromatic heterocycles. The smallest absolute Gasteiger partial charge is 0.0721 e. The minimum atomic E-state index is 0.309. The van der Waals surface area contributed by atoms with Crippen molar-refractivity contribution in [3.05, 3.63) is 0 Å². The standard InChI is InChI=1S/C8H8Br4/c9-7(10)3-1-4-6(2-5(3)7)8(4,11)12/h3-6H,1-2H2/t3-,4-,5-,6-/m1/s1. The predicted octanol–water partition coefficient (Wildman–Crippen LogP) is 4.24. The minimum Gasteiger partial charge on any atom is -0.0721 e. The predicted molar refractivity (Wildman–Crippen MR) is 64.4 cm³/mol. The van der Waals surface area contributed by atoms with Crippen molar-refractivity contribution in [2.24, 2.45) is 23.7 Å². The van der Waals surface area contributed by atoms with Gasteiger partial charge in [0, 0.05) is 0 Å². The van der Waals surface area contributed by atoms with Gasteiger partial charge in [0.1, 0.15) is 0 Å². The molecule has 3 rings (SSSR count). The van der Waals surface area contributed by atoms with E-state index in [1.54, 1.807) is 0 Å². The highest BCUT2D eigenvalue weighted by molar-refractivity contribution is 9.26. The quantitative estimate of drug-likeness (QED) is 0.511. The maximum Gasteiger partial charge on any atom is 0.0868 e. The summed E-state index contributed by atoms with van der Waals surface area (Å²) in [6.07, 6.45) is 2.73.